The summed E-state index contributed by atoms with van der Waals surface area (Å²) in [5.41, 5.74) is 0.308. The van der Waals surface area contributed by atoms with Gasteiger partial charge in [-0.1, -0.05) is 0 Å². The van der Waals surface area contributed by atoms with Crippen LogP contribution in [0.4, 0.5) is 0 Å². The Morgan fingerprint density at radius 3 is 2.28 bits per heavy atom. The average Bonchev–Trinajstić information content (AvgIpc) is 2.73. The van der Waals surface area contributed by atoms with Crippen molar-refractivity contribution >= 4 is 12.6 Å². The summed E-state index contributed by atoms with van der Waals surface area (Å²) in [5, 5.41) is 4.30. The van der Waals surface area contributed by atoms with E-state index in [-0.39, 0.29) is 30.7 Å². The molecule has 6 heteroatoms. The molecule has 18 heavy (non-hydrogen) atoms. The Kier molecular flexibility index (Phi) is 2.43. The van der Waals surface area contributed by atoms with E-state index in [2.05, 4.69) is 5.10 Å². The predicted octanol–water partition coefficient (Wildman–Crippen LogP) is 1.10. The Morgan fingerprint density at radius 2 is 1.78 bits per heavy atom. The van der Waals surface area contributed by atoms with Crippen molar-refractivity contribution in [1.29, 1.82) is 0 Å². The second-order valence-electron chi connectivity index (χ2n) is 6.07. The Hall–Kier alpha value is -0.845. The van der Waals surface area contributed by atoms with Crippen molar-refractivity contribution in [2.45, 2.75) is 58.2 Å². The minimum atomic E-state index is -0.349. The van der Waals surface area contributed by atoms with Gasteiger partial charge in [0.15, 0.2) is 6.23 Å². The molecule has 0 aliphatic carbocycles. The molecule has 2 atom stereocenters. The molecule has 2 fully saturated rings. The first kappa shape index (κ1) is 12.2. The Morgan fingerprint density at radius 1 is 1.22 bits per heavy atom. The Bertz CT molecular complexity index is 456. The molecular weight excluding hydrogens is 231 g/mol. The van der Waals surface area contributed by atoms with E-state index in [1.165, 1.54) is 0 Å². The Balaban J connectivity index is 1.78. The van der Waals surface area contributed by atoms with Crippen molar-refractivity contribution in [3.05, 3.63) is 12.4 Å². The molecule has 2 aliphatic rings. The zero-order valence-corrected chi connectivity index (χ0v) is 11.5. The van der Waals surface area contributed by atoms with Crippen LogP contribution in [0.25, 0.3) is 0 Å². The molecule has 3 heterocycles. The van der Waals surface area contributed by atoms with Crippen molar-refractivity contribution in [1.82, 2.24) is 9.78 Å². The van der Waals surface area contributed by atoms with Crippen LogP contribution in [0.1, 0.15) is 40.8 Å². The first-order valence-electron chi connectivity index (χ1n) is 6.35. The molecule has 1 aromatic heterocycles. The van der Waals surface area contributed by atoms with Crippen molar-refractivity contribution in [2.75, 3.05) is 0 Å². The summed E-state index contributed by atoms with van der Waals surface area (Å²) < 4.78 is 19.2. The van der Waals surface area contributed by atoms with Gasteiger partial charge >= 0.3 is 7.12 Å². The molecular formula is C12H19BN2O3. The molecule has 2 unspecified atom stereocenters. The lowest BCUT2D eigenvalue weighted by Gasteiger charge is -2.32. The number of ether oxygens (including phenoxy) is 1. The maximum Gasteiger partial charge on any atom is 0.498 e. The third-order valence-corrected chi connectivity index (χ3v) is 4.09. The van der Waals surface area contributed by atoms with Gasteiger partial charge in [-0.15, -0.1) is 0 Å². The van der Waals surface area contributed by atoms with E-state index >= 15 is 0 Å². The fourth-order valence-electron chi connectivity index (χ4n) is 2.04. The van der Waals surface area contributed by atoms with Crippen LogP contribution in [0, 0.1) is 0 Å². The van der Waals surface area contributed by atoms with E-state index in [9.17, 15) is 0 Å². The molecule has 0 aromatic carbocycles. The lowest BCUT2D eigenvalue weighted by Crippen LogP contribution is -2.41. The second-order valence-corrected chi connectivity index (χ2v) is 6.07. The highest BCUT2D eigenvalue weighted by molar-refractivity contribution is 6.61. The maximum atomic E-state index is 5.97. The summed E-state index contributed by atoms with van der Waals surface area (Å²) >= 11 is 0. The summed E-state index contributed by atoms with van der Waals surface area (Å²) in [6, 6.07) is 0. The summed E-state index contributed by atoms with van der Waals surface area (Å²) in [6.45, 7) is 10.2. The number of hydrogen-bond donors (Lipinski definition) is 0. The zero-order chi connectivity index (χ0) is 13.1. The van der Waals surface area contributed by atoms with E-state index in [0.717, 1.165) is 5.46 Å². The number of rotatable bonds is 2. The molecule has 0 radical (unpaired) electrons. The van der Waals surface area contributed by atoms with Crippen LogP contribution in [0.2, 0.25) is 0 Å². The SMILES string of the molecule is CC1OC1n1cc(B2OC(C)(C)C(C)(C)O2)cn1. The monoisotopic (exact) mass is 250 g/mol. The van der Waals surface area contributed by atoms with Crippen LogP contribution in [-0.4, -0.2) is 34.2 Å². The quantitative estimate of drug-likeness (QED) is 0.582. The van der Waals surface area contributed by atoms with Crippen LogP contribution in [0.15, 0.2) is 12.4 Å². The molecule has 2 aliphatic heterocycles. The van der Waals surface area contributed by atoms with Gasteiger partial charge in [0.05, 0.1) is 11.2 Å². The van der Waals surface area contributed by atoms with Crippen molar-refractivity contribution in [3.63, 3.8) is 0 Å². The average molecular weight is 250 g/mol. The van der Waals surface area contributed by atoms with Gasteiger partial charge in [0.2, 0.25) is 0 Å². The second kappa shape index (κ2) is 3.59. The molecule has 2 saturated heterocycles. The number of hydrogen-bond acceptors (Lipinski definition) is 4. The number of nitrogens with zero attached hydrogens (tertiary/aromatic N) is 2. The number of aromatic nitrogens is 2. The van der Waals surface area contributed by atoms with Crippen LogP contribution in [0.3, 0.4) is 0 Å². The minimum Gasteiger partial charge on any atom is -0.399 e. The standard InChI is InChI=1S/C12H19BN2O3/c1-8-10(16-8)15-7-9(6-14-15)13-17-11(2,3)12(4,5)18-13/h6-8,10H,1-5H3. The van der Waals surface area contributed by atoms with Crippen LogP contribution in [0.5, 0.6) is 0 Å². The highest BCUT2D eigenvalue weighted by atomic mass is 16.7. The molecule has 0 N–H and O–H groups in total. The Labute approximate surface area is 108 Å². The molecule has 0 bridgehead atoms. The highest BCUT2D eigenvalue weighted by Gasteiger charge is 2.52. The molecule has 1 aromatic rings. The zero-order valence-electron chi connectivity index (χ0n) is 11.5. The van der Waals surface area contributed by atoms with Crippen molar-refractivity contribution in [3.8, 4) is 0 Å². The molecule has 98 valence electrons. The van der Waals surface area contributed by atoms with Gasteiger partial charge < -0.3 is 14.0 Å². The largest absolute Gasteiger partial charge is 0.498 e. The van der Waals surface area contributed by atoms with Crippen molar-refractivity contribution < 1.29 is 14.0 Å². The normalized spacial score (nSPS) is 32.8. The third kappa shape index (κ3) is 1.79. The van der Waals surface area contributed by atoms with E-state index in [4.69, 9.17) is 14.0 Å². The third-order valence-electron chi connectivity index (χ3n) is 4.09. The first-order chi connectivity index (χ1) is 8.30. The lowest BCUT2D eigenvalue weighted by atomic mass is 9.82. The number of epoxide rings is 1. The van der Waals surface area contributed by atoms with Gasteiger partial charge in [0.25, 0.3) is 0 Å². The van der Waals surface area contributed by atoms with Gasteiger partial charge in [-0.05, 0) is 34.6 Å². The lowest BCUT2D eigenvalue weighted by molar-refractivity contribution is 0.00578. The van der Waals surface area contributed by atoms with Crippen LogP contribution in [-0.2, 0) is 14.0 Å². The minimum absolute atomic E-state index is 0.0705. The summed E-state index contributed by atoms with van der Waals surface area (Å²) in [5.74, 6) is 0. The van der Waals surface area contributed by atoms with Crippen LogP contribution >= 0.6 is 0 Å². The van der Waals surface area contributed by atoms with E-state index < -0.39 is 0 Å². The smallest absolute Gasteiger partial charge is 0.399 e. The molecule has 0 spiro atoms. The molecule has 3 rings (SSSR count). The first-order valence-corrected chi connectivity index (χ1v) is 6.35. The van der Waals surface area contributed by atoms with Crippen molar-refractivity contribution in [2.24, 2.45) is 0 Å². The van der Waals surface area contributed by atoms with Gasteiger partial charge in [0, 0.05) is 17.9 Å². The highest BCUT2D eigenvalue weighted by Crippen LogP contribution is 2.37. The fraction of sp³-hybridized carbons (Fsp3) is 0.750. The fourth-order valence-corrected chi connectivity index (χ4v) is 2.04. The predicted molar refractivity (Wildman–Crippen MR) is 67.5 cm³/mol. The summed E-state index contributed by atoms with van der Waals surface area (Å²) in [4.78, 5) is 0. The van der Waals surface area contributed by atoms with Gasteiger partial charge in [-0.2, -0.15) is 5.10 Å². The molecule has 5 nitrogen and oxygen atoms in total. The van der Waals surface area contributed by atoms with E-state index in [1.807, 2.05) is 45.5 Å². The molecule has 0 saturated carbocycles. The van der Waals surface area contributed by atoms with Gasteiger partial charge in [-0.3, -0.25) is 0 Å². The topological polar surface area (TPSA) is 48.8 Å². The van der Waals surface area contributed by atoms with Gasteiger partial charge in [0.1, 0.15) is 6.10 Å². The van der Waals surface area contributed by atoms with E-state index in [0.29, 0.717) is 0 Å². The summed E-state index contributed by atoms with van der Waals surface area (Å²) in [7, 11) is -0.349. The van der Waals surface area contributed by atoms with E-state index in [1.54, 1.807) is 6.20 Å². The van der Waals surface area contributed by atoms with Gasteiger partial charge in [-0.25, -0.2) is 4.68 Å². The molecule has 0 amide bonds. The maximum absolute atomic E-state index is 5.97. The summed E-state index contributed by atoms with van der Waals surface area (Å²) in [6.07, 6.45) is 4.05. The van der Waals surface area contributed by atoms with Crippen LogP contribution < -0.4 is 5.46 Å².